The molecule has 0 bridgehead atoms. The lowest BCUT2D eigenvalue weighted by atomic mass is 9.98. The van der Waals surface area contributed by atoms with Crippen LogP contribution in [0.5, 0.6) is 11.5 Å². The highest BCUT2D eigenvalue weighted by Crippen LogP contribution is 2.35. The molecule has 0 spiro atoms. The van der Waals surface area contributed by atoms with Crippen molar-refractivity contribution in [2.75, 3.05) is 18.3 Å². The van der Waals surface area contributed by atoms with E-state index in [4.69, 9.17) is 15.2 Å². The van der Waals surface area contributed by atoms with Crippen molar-refractivity contribution in [3.8, 4) is 11.5 Å². The lowest BCUT2D eigenvalue weighted by molar-refractivity contribution is -0.131. The van der Waals surface area contributed by atoms with Gasteiger partial charge in [-0.15, -0.1) is 0 Å². The van der Waals surface area contributed by atoms with Crippen molar-refractivity contribution in [3.63, 3.8) is 0 Å². The van der Waals surface area contributed by atoms with Crippen molar-refractivity contribution in [2.24, 2.45) is 17.6 Å². The first-order valence-electron chi connectivity index (χ1n) is 12.9. The molecule has 40 heavy (non-hydrogen) atoms. The number of fused-ring (bicyclic) bond motifs is 1. The smallest absolute Gasteiger partial charge is 0.268 e. The number of carbonyl (C=O) groups is 1. The highest BCUT2D eigenvalue weighted by molar-refractivity contribution is 7.91. The van der Waals surface area contributed by atoms with Crippen molar-refractivity contribution in [3.05, 3.63) is 84.2 Å². The highest BCUT2D eigenvalue weighted by Gasteiger charge is 2.40. The van der Waals surface area contributed by atoms with Crippen LogP contribution in [0.15, 0.2) is 77.8 Å². The van der Waals surface area contributed by atoms with Gasteiger partial charge in [-0.1, -0.05) is 50.2 Å². The summed E-state index contributed by atoms with van der Waals surface area (Å²) in [5.74, 6) is -2.71. The third-order valence-electron chi connectivity index (χ3n) is 6.69. The zero-order valence-corrected chi connectivity index (χ0v) is 24.0. The normalized spacial score (nSPS) is 15.3. The first-order chi connectivity index (χ1) is 19.0. The van der Waals surface area contributed by atoms with Crippen LogP contribution in [0.4, 0.5) is 0 Å². The Balaban J connectivity index is 1.60. The number of pyridine rings is 1. The second-order valence-electron chi connectivity index (χ2n) is 9.90. The van der Waals surface area contributed by atoms with Gasteiger partial charge in [0.1, 0.15) is 0 Å². The standard InChI is InChI=1S/C28H33N3O7S2/c1-20(16-22-8-4-3-5-9-22)27(29)31(40(35,36)24-11-12-25-26(17-24)38-19-37-25)28(32)21(2)18-39(33,34)15-13-23-10-6-7-14-30-23/h3-12,14,17,20-21,27H,13,15-16,18-19,29H2,1-2H3/t20-,21?,27-/m0/s1. The molecule has 1 aliphatic heterocycles. The minimum atomic E-state index is -4.50. The predicted octanol–water partition coefficient (Wildman–Crippen LogP) is 2.78. The molecule has 214 valence electrons. The Hall–Kier alpha value is -3.48. The molecule has 1 amide bonds. The summed E-state index contributed by atoms with van der Waals surface area (Å²) in [4.78, 5) is 17.7. The van der Waals surface area contributed by atoms with Gasteiger partial charge < -0.3 is 15.2 Å². The van der Waals surface area contributed by atoms with Gasteiger partial charge in [0, 0.05) is 24.4 Å². The minimum Gasteiger partial charge on any atom is -0.454 e. The summed E-state index contributed by atoms with van der Waals surface area (Å²) in [6.07, 6.45) is 0.892. The maximum absolute atomic E-state index is 13.9. The molecule has 0 aliphatic carbocycles. The summed E-state index contributed by atoms with van der Waals surface area (Å²) < 4.78 is 64.9. The summed E-state index contributed by atoms with van der Waals surface area (Å²) in [5.41, 5.74) is 8.02. The largest absolute Gasteiger partial charge is 0.454 e. The van der Waals surface area contributed by atoms with Gasteiger partial charge in [-0.25, -0.2) is 21.1 Å². The number of benzene rings is 2. The van der Waals surface area contributed by atoms with Gasteiger partial charge >= 0.3 is 0 Å². The zero-order chi connectivity index (χ0) is 28.9. The third-order valence-corrected chi connectivity index (χ3v) is 10.3. The van der Waals surface area contributed by atoms with Crippen molar-refractivity contribution < 1.29 is 31.1 Å². The van der Waals surface area contributed by atoms with Crippen LogP contribution >= 0.6 is 0 Å². The van der Waals surface area contributed by atoms with Crippen LogP contribution in [0.25, 0.3) is 0 Å². The number of sulfonamides is 1. The van der Waals surface area contributed by atoms with Crippen LogP contribution < -0.4 is 15.2 Å². The molecule has 3 aromatic rings. The number of nitrogens with zero attached hydrogens (tertiary/aromatic N) is 2. The fraction of sp³-hybridized carbons (Fsp3) is 0.357. The van der Waals surface area contributed by atoms with E-state index >= 15 is 0 Å². The third kappa shape index (κ3) is 6.98. The molecule has 3 atom stereocenters. The predicted molar refractivity (Wildman–Crippen MR) is 150 cm³/mol. The molecule has 10 nitrogen and oxygen atoms in total. The number of hydrogen-bond donors (Lipinski definition) is 1. The average Bonchev–Trinajstić information content (AvgIpc) is 3.41. The van der Waals surface area contributed by atoms with Gasteiger partial charge in [0.05, 0.1) is 28.5 Å². The Kier molecular flexibility index (Phi) is 9.12. The van der Waals surface area contributed by atoms with Crippen molar-refractivity contribution >= 4 is 25.8 Å². The number of carbonyl (C=O) groups excluding carboxylic acids is 1. The molecule has 0 saturated carbocycles. The second-order valence-corrected chi connectivity index (χ2v) is 13.9. The summed E-state index contributed by atoms with van der Waals surface area (Å²) in [6, 6.07) is 18.6. The van der Waals surface area contributed by atoms with Crippen LogP contribution in [0, 0.1) is 11.8 Å². The molecule has 1 aliphatic rings. The van der Waals surface area contributed by atoms with Crippen LogP contribution in [0.3, 0.4) is 0 Å². The number of amides is 1. The molecule has 0 radical (unpaired) electrons. The summed E-state index contributed by atoms with van der Waals surface area (Å²) in [6.45, 7) is 3.10. The molecule has 12 heteroatoms. The topological polar surface area (TPSA) is 146 Å². The van der Waals surface area contributed by atoms with Crippen LogP contribution in [0.1, 0.15) is 25.1 Å². The van der Waals surface area contributed by atoms with Gasteiger partial charge in [-0.3, -0.25) is 9.78 Å². The van der Waals surface area contributed by atoms with E-state index in [1.54, 1.807) is 31.3 Å². The molecule has 2 aromatic carbocycles. The monoisotopic (exact) mass is 587 g/mol. The fourth-order valence-corrected chi connectivity index (χ4v) is 7.73. The molecule has 1 unspecified atom stereocenters. The van der Waals surface area contributed by atoms with Gasteiger partial charge in [-0.05, 0) is 42.2 Å². The number of nitrogens with two attached hydrogens (primary N) is 1. The van der Waals surface area contributed by atoms with E-state index in [-0.39, 0.29) is 29.6 Å². The van der Waals surface area contributed by atoms with E-state index in [0.717, 1.165) is 5.56 Å². The number of aromatic nitrogens is 1. The van der Waals surface area contributed by atoms with E-state index in [1.165, 1.54) is 25.1 Å². The van der Waals surface area contributed by atoms with Crippen LogP contribution in [-0.2, 0) is 37.5 Å². The van der Waals surface area contributed by atoms with Crippen LogP contribution in [0.2, 0.25) is 0 Å². The first-order valence-corrected chi connectivity index (χ1v) is 16.1. The molecule has 2 heterocycles. The molecule has 2 N–H and O–H groups in total. The number of sulfone groups is 1. The Morgan fingerprint density at radius 2 is 1.68 bits per heavy atom. The van der Waals surface area contributed by atoms with Crippen molar-refractivity contribution in [1.29, 1.82) is 0 Å². The number of ether oxygens (including phenoxy) is 2. The molecular formula is C28H33N3O7S2. The lowest BCUT2D eigenvalue weighted by Gasteiger charge is -2.34. The summed E-state index contributed by atoms with van der Waals surface area (Å²) >= 11 is 0. The van der Waals surface area contributed by atoms with Gasteiger partial charge in [0.15, 0.2) is 21.3 Å². The van der Waals surface area contributed by atoms with E-state index in [1.807, 2.05) is 30.3 Å². The Morgan fingerprint density at radius 3 is 2.38 bits per heavy atom. The lowest BCUT2D eigenvalue weighted by Crippen LogP contribution is -2.55. The van der Waals surface area contributed by atoms with Crippen LogP contribution in [-0.4, -0.2) is 56.5 Å². The van der Waals surface area contributed by atoms with E-state index in [9.17, 15) is 21.6 Å². The maximum atomic E-state index is 13.9. The maximum Gasteiger partial charge on any atom is 0.268 e. The summed E-state index contributed by atoms with van der Waals surface area (Å²) in [5, 5.41) is 0. The fourth-order valence-electron chi connectivity index (χ4n) is 4.47. The van der Waals surface area contributed by atoms with Gasteiger partial charge in [-0.2, -0.15) is 0 Å². The number of aryl methyl sites for hydroxylation is 1. The molecule has 1 aromatic heterocycles. The molecular weight excluding hydrogens is 554 g/mol. The minimum absolute atomic E-state index is 0.0531. The average molecular weight is 588 g/mol. The number of rotatable bonds is 12. The van der Waals surface area contributed by atoms with E-state index in [2.05, 4.69) is 4.98 Å². The van der Waals surface area contributed by atoms with Gasteiger partial charge in [0.2, 0.25) is 12.7 Å². The quantitative estimate of drug-likeness (QED) is 0.316. The molecule has 4 rings (SSSR count). The highest BCUT2D eigenvalue weighted by atomic mass is 32.2. The van der Waals surface area contributed by atoms with Crippen molar-refractivity contribution in [1.82, 2.24) is 9.29 Å². The zero-order valence-electron chi connectivity index (χ0n) is 22.3. The molecule has 0 fully saturated rings. The van der Waals surface area contributed by atoms with E-state index in [0.29, 0.717) is 22.2 Å². The number of hydrogen-bond acceptors (Lipinski definition) is 9. The SMILES string of the molecule is CC(CS(=O)(=O)CCc1ccccn1)C(=O)N([C@H](N)[C@@H](C)Cc1ccccc1)S(=O)(=O)c1ccc2c(c1)OCO2. The second kappa shape index (κ2) is 12.4. The van der Waals surface area contributed by atoms with Gasteiger partial charge in [0.25, 0.3) is 10.0 Å². The Morgan fingerprint density at radius 1 is 0.975 bits per heavy atom. The Labute approximate surface area is 235 Å². The molecule has 0 saturated heterocycles. The van der Waals surface area contributed by atoms with E-state index < -0.39 is 49.5 Å². The Bertz CT molecular complexity index is 1530. The summed E-state index contributed by atoms with van der Waals surface area (Å²) in [7, 11) is -8.23. The first kappa shape index (κ1) is 29.5. The van der Waals surface area contributed by atoms with Crippen molar-refractivity contribution in [2.45, 2.75) is 37.8 Å².